The number of hydrogen-bond donors (Lipinski definition) is 0. The molecule has 0 aromatic carbocycles. The van der Waals surface area contributed by atoms with Gasteiger partial charge in [0, 0.05) is 19.3 Å². The summed E-state index contributed by atoms with van der Waals surface area (Å²) in [5, 5.41) is 4.26. The van der Waals surface area contributed by atoms with Crippen molar-refractivity contribution < 1.29 is 9.53 Å². The van der Waals surface area contributed by atoms with Crippen LogP contribution in [0.25, 0.3) is 5.65 Å². The minimum Gasteiger partial charge on any atom is -0.371 e. The Morgan fingerprint density at radius 3 is 3.00 bits per heavy atom. The highest BCUT2D eigenvalue weighted by molar-refractivity contribution is 5.93. The molecule has 1 fully saturated rings. The Bertz CT molecular complexity index is 697. The maximum atomic E-state index is 13.0. The summed E-state index contributed by atoms with van der Waals surface area (Å²) in [5.74, 6) is 0.363. The number of morpholine rings is 1. The molecule has 0 N–H and O–H groups in total. The first-order valence-corrected chi connectivity index (χ1v) is 8.83. The summed E-state index contributed by atoms with van der Waals surface area (Å²) in [4.78, 5) is 19.2. The third-order valence-electron chi connectivity index (χ3n) is 4.60. The Balaban J connectivity index is 1.81. The van der Waals surface area contributed by atoms with Gasteiger partial charge in [0.15, 0.2) is 11.3 Å². The van der Waals surface area contributed by atoms with Crippen LogP contribution >= 0.6 is 0 Å². The van der Waals surface area contributed by atoms with Gasteiger partial charge in [0.25, 0.3) is 5.91 Å². The lowest BCUT2D eigenvalue weighted by Crippen LogP contribution is -2.51. The summed E-state index contributed by atoms with van der Waals surface area (Å²) < 4.78 is 7.82. The molecular formula is C18H26N4O2. The molecule has 3 rings (SSSR count). The number of ether oxygens (including phenoxy) is 1. The van der Waals surface area contributed by atoms with E-state index in [1.54, 1.807) is 16.9 Å². The highest BCUT2D eigenvalue weighted by Gasteiger charge is 2.33. The first-order chi connectivity index (χ1) is 11.6. The van der Waals surface area contributed by atoms with Gasteiger partial charge in [0.2, 0.25) is 0 Å². The predicted octanol–water partition coefficient (Wildman–Crippen LogP) is 2.79. The Hall–Kier alpha value is -1.95. The zero-order valence-corrected chi connectivity index (χ0v) is 14.7. The third kappa shape index (κ3) is 3.43. The minimum absolute atomic E-state index is 0.0170. The number of imidazole rings is 1. The smallest absolute Gasteiger partial charge is 0.274 e. The molecule has 0 bridgehead atoms. The second-order valence-corrected chi connectivity index (χ2v) is 6.83. The predicted molar refractivity (Wildman–Crippen MR) is 91.9 cm³/mol. The van der Waals surface area contributed by atoms with Crippen molar-refractivity contribution in [3.63, 3.8) is 0 Å². The molecule has 0 unspecified atom stereocenters. The quantitative estimate of drug-likeness (QED) is 0.846. The molecule has 130 valence electrons. The summed E-state index contributed by atoms with van der Waals surface area (Å²) >= 11 is 0. The number of rotatable bonds is 5. The number of carbonyl (C=O) groups is 1. The summed E-state index contributed by atoms with van der Waals surface area (Å²) in [7, 11) is 0. The van der Waals surface area contributed by atoms with Gasteiger partial charge in [-0.25, -0.2) is 9.50 Å². The highest BCUT2D eigenvalue weighted by Crippen LogP contribution is 2.22. The largest absolute Gasteiger partial charge is 0.371 e. The Labute approximate surface area is 142 Å². The Morgan fingerprint density at radius 2 is 2.25 bits per heavy atom. The Morgan fingerprint density at radius 1 is 1.42 bits per heavy atom. The molecule has 2 aromatic rings. The van der Waals surface area contributed by atoms with E-state index in [0.29, 0.717) is 30.3 Å². The van der Waals surface area contributed by atoms with Crippen molar-refractivity contribution in [1.82, 2.24) is 19.5 Å². The molecule has 1 aliphatic heterocycles. The van der Waals surface area contributed by atoms with Crippen molar-refractivity contribution >= 4 is 11.6 Å². The first-order valence-electron chi connectivity index (χ1n) is 8.83. The lowest BCUT2D eigenvalue weighted by Gasteiger charge is -2.39. The van der Waals surface area contributed by atoms with Crippen molar-refractivity contribution in [3.8, 4) is 0 Å². The summed E-state index contributed by atoms with van der Waals surface area (Å²) in [6, 6.07) is 3.67. The number of amides is 1. The van der Waals surface area contributed by atoms with Crippen molar-refractivity contribution in [3.05, 3.63) is 30.2 Å². The van der Waals surface area contributed by atoms with Gasteiger partial charge in [-0.1, -0.05) is 33.6 Å². The molecule has 24 heavy (non-hydrogen) atoms. The number of fused-ring (bicyclic) bond motifs is 1. The van der Waals surface area contributed by atoms with E-state index in [9.17, 15) is 4.79 Å². The standard InChI is InChI=1S/C18H26N4O2/c1-4-5-7-14-11-21(12-16(24-14)13(2)3)18(23)15-10-19-17-8-6-9-20-22(15)17/h6,8-10,13-14,16H,4-5,7,11-12H2,1-3H3/t14-,16-/m1/s1. The van der Waals surface area contributed by atoms with E-state index in [-0.39, 0.29) is 18.1 Å². The molecule has 0 saturated carbocycles. The van der Waals surface area contributed by atoms with Crippen LogP contribution in [0.4, 0.5) is 0 Å². The average Bonchev–Trinajstić information content (AvgIpc) is 3.03. The van der Waals surface area contributed by atoms with Crippen molar-refractivity contribution in [2.24, 2.45) is 5.92 Å². The highest BCUT2D eigenvalue weighted by atomic mass is 16.5. The zero-order chi connectivity index (χ0) is 17.1. The van der Waals surface area contributed by atoms with E-state index < -0.39 is 0 Å². The van der Waals surface area contributed by atoms with E-state index >= 15 is 0 Å². The van der Waals surface area contributed by atoms with E-state index in [4.69, 9.17) is 4.74 Å². The molecular weight excluding hydrogens is 304 g/mol. The monoisotopic (exact) mass is 330 g/mol. The van der Waals surface area contributed by atoms with Crippen LogP contribution in [0.15, 0.2) is 24.5 Å². The van der Waals surface area contributed by atoms with Gasteiger partial charge in [0.05, 0.1) is 18.4 Å². The van der Waals surface area contributed by atoms with Gasteiger partial charge in [-0.2, -0.15) is 5.10 Å². The number of nitrogens with zero attached hydrogens (tertiary/aromatic N) is 4. The second kappa shape index (κ2) is 7.30. The van der Waals surface area contributed by atoms with Crippen LogP contribution in [0, 0.1) is 5.92 Å². The molecule has 0 aliphatic carbocycles. The van der Waals surface area contributed by atoms with Gasteiger partial charge < -0.3 is 9.64 Å². The fourth-order valence-corrected chi connectivity index (χ4v) is 3.13. The molecule has 1 aliphatic rings. The van der Waals surface area contributed by atoms with E-state index in [1.165, 1.54) is 0 Å². The van der Waals surface area contributed by atoms with Crippen molar-refractivity contribution in [1.29, 1.82) is 0 Å². The van der Waals surface area contributed by atoms with Crippen LogP contribution in [0.1, 0.15) is 50.5 Å². The van der Waals surface area contributed by atoms with Crippen LogP contribution in [0.3, 0.4) is 0 Å². The van der Waals surface area contributed by atoms with E-state index in [2.05, 4.69) is 30.9 Å². The molecule has 6 heteroatoms. The number of carbonyl (C=O) groups excluding carboxylic acids is 1. The lowest BCUT2D eigenvalue weighted by molar-refractivity contribution is -0.0964. The summed E-state index contributed by atoms with van der Waals surface area (Å²) in [6.07, 6.45) is 6.73. The van der Waals surface area contributed by atoms with E-state index in [0.717, 1.165) is 19.3 Å². The summed E-state index contributed by atoms with van der Waals surface area (Å²) in [6.45, 7) is 7.73. The molecule has 3 heterocycles. The maximum absolute atomic E-state index is 13.0. The van der Waals surface area contributed by atoms with Crippen LogP contribution in [-0.2, 0) is 4.74 Å². The fraction of sp³-hybridized carbons (Fsp3) is 0.611. The normalized spacial score (nSPS) is 21.6. The summed E-state index contributed by atoms with van der Waals surface area (Å²) in [5.41, 5.74) is 1.21. The molecule has 2 atom stereocenters. The number of hydrogen-bond acceptors (Lipinski definition) is 4. The van der Waals surface area contributed by atoms with Gasteiger partial charge in [-0.15, -0.1) is 0 Å². The van der Waals surface area contributed by atoms with Crippen molar-refractivity contribution in [2.45, 2.75) is 52.2 Å². The third-order valence-corrected chi connectivity index (χ3v) is 4.60. The first kappa shape index (κ1) is 16.9. The minimum atomic E-state index is -0.0170. The molecule has 1 saturated heterocycles. The zero-order valence-electron chi connectivity index (χ0n) is 14.7. The van der Waals surface area contributed by atoms with Crippen LogP contribution in [-0.4, -0.2) is 50.7 Å². The van der Waals surface area contributed by atoms with Gasteiger partial charge >= 0.3 is 0 Å². The maximum Gasteiger partial charge on any atom is 0.274 e. The lowest BCUT2D eigenvalue weighted by atomic mass is 10.0. The topological polar surface area (TPSA) is 59.7 Å². The average molecular weight is 330 g/mol. The van der Waals surface area contributed by atoms with Crippen molar-refractivity contribution in [2.75, 3.05) is 13.1 Å². The van der Waals surface area contributed by atoms with Crippen LogP contribution in [0.2, 0.25) is 0 Å². The van der Waals surface area contributed by atoms with Crippen LogP contribution < -0.4 is 0 Å². The molecule has 6 nitrogen and oxygen atoms in total. The molecule has 2 aromatic heterocycles. The molecule has 0 spiro atoms. The van der Waals surface area contributed by atoms with Crippen LogP contribution in [0.5, 0.6) is 0 Å². The Kier molecular flexibility index (Phi) is 5.14. The van der Waals surface area contributed by atoms with Gasteiger partial charge in [-0.05, 0) is 24.5 Å². The SMILES string of the molecule is CCCC[C@@H]1CN(C(=O)c2cnc3cccnn23)C[C@H](C(C)C)O1. The van der Waals surface area contributed by atoms with E-state index in [1.807, 2.05) is 17.0 Å². The van der Waals surface area contributed by atoms with Gasteiger partial charge in [0.1, 0.15) is 0 Å². The van der Waals surface area contributed by atoms with Gasteiger partial charge in [-0.3, -0.25) is 4.79 Å². The number of unbranched alkanes of at least 4 members (excludes halogenated alkanes) is 1. The molecule has 1 amide bonds. The second-order valence-electron chi connectivity index (χ2n) is 6.83. The number of aromatic nitrogens is 3. The fourth-order valence-electron chi connectivity index (χ4n) is 3.13. The molecule has 0 radical (unpaired) electrons.